The maximum atomic E-state index is 12.1. The topological polar surface area (TPSA) is 49.8 Å². The number of halogens is 2. The molecule has 0 fully saturated rings. The van der Waals surface area contributed by atoms with Gasteiger partial charge in [0.1, 0.15) is 5.75 Å². The van der Waals surface area contributed by atoms with Gasteiger partial charge in [0.25, 0.3) is 5.91 Å². The Kier molecular flexibility index (Phi) is 5.91. The number of alkyl halides is 1. The third-order valence-corrected chi connectivity index (χ3v) is 3.15. The number of methoxy groups -OCH3 is 1. The lowest BCUT2D eigenvalue weighted by atomic mass is 10.1. The van der Waals surface area contributed by atoms with E-state index < -0.39 is 0 Å². The van der Waals surface area contributed by atoms with Crippen LogP contribution in [-0.2, 0) is 4.74 Å². The summed E-state index contributed by atoms with van der Waals surface area (Å²) in [6, 6.07) is 4.43. The molecule has 0 radical (unpaired) electrons. The first-order valence-corrected chi connectivity index (χ1v) is 6.62. The van der Waals surface area contributed by atoms with Gasteiger partial charge in [0, 0.05) is 25.7 Å². The fourth-order valence-electron chi connectivity index (χ4n) is 1.50. The number of carbonyl (C=O) groups is 1. The van der Waals surface area contributed by atoms with Crippen LogP contribution in [0, 0.1) is 0 Å². The lowest BCUT2D eigenvalue weighted by Gasteiger charge is -2.20. The molecule has 1 amide bonds. The minimum Gasteiger partial charge on any atom is -0.507 e. The zero-order chi connectivity index (χ0) is 13.7. The van der Waals surface area contributed by atoms with Gasteiger partial charge in [-0.15, -0.1) is 0 Å². The van der Waals surface area contributed by atoms with E-state index in [4.69, 9.17) is 16.3 Å². The molecule has 0 aliphatic heterocycles. The van der Waals surface area contributed by atoms with Gasteiger partial charge in [0.05, 0.1) is 17.0 Å². The van der Waals surface area contributed by atoms with E-state index in [1.165, 1.54) is 17.0 Å². The minimum atomic E-state index is -0.260. The second-order valence-electron chi connectivity index (χ2n) is 3.90. The smallest absolute Gasteiger partial charge is 0.257 e. The molecule has 18 heavy (non-hydrogen) atoms. The zero-order valence-corrected chi connectivity index (χ0v) is 12.5. The van der Waals surface area contributed by atoms with Crippen molar-refractivity contribution >= 4 is 33.4 Å². The van der Waals surface area contributed by atoms with Crippen molar-refractivity contribution in [3.63, 3.8) is 0 Å². The van der Waals surface area contributed by atoms with E-state index in [1.807, 2.05) is 0 Å². The molecule has 0 aromatic heterocycles. The Morgan fingerprint density at radius 2 is 2.28 bits per heavy atom. The Labute approximate surface area is 120 Å². The standard InChI is InChI=1S/C12H15BrClNO3/c1-15(6-8(13)7-18-2)12(17)10-4-3-9(14)5-11(10)16/h3-5,8,16H,6-7H2,1-2H3. The first-order valence-electron chi connectivity index (χ1n) is 5.32. The fraction of sp³-hybridized carbons (Fsp3) is 0.417. The predicted molar refractivity (Wildman–Crippen MR) is 74.7 cm³/mol. The Morgan fingerprint density at radius 1 is 1.61 bits per heavy atom. The maximum Gasteiger partial charge on any atom is 0.257 e. The number of benzene rings is 1. The molecule has 0 heterocycles. The number of rotatable bonds is 5. The average molecular weight is 337 g/mol. The average Bonchev–Trinajstić information content (AvgIpc) is 2.28. The third kappa shape index (κ3) is 4.15. The van der Waals surface area contributed by atoms with Crippen LogP contribution in [0.4, 0.5) is 0 Å². The SMILES string of the molecule is COCC(Br)CN(C)C(=O)c1ccc(Cl)cc1O. The van der Waals surface area contributed by atoms with E-state index in [9.17, 15) is 9.90 Å². The molecular formula is C12H15BrClNO3. The van der Waals surface area contributed by atoms with Crippen molar-refractivity contribution in [1.29, 1.82) is 0 Å². The number of carbonyl (C=O) groups excluding carboxylic acids is 1. The van der Waals surface area contributed by atoms with Gasteiger partial charge in [-0.25, -0.2) is 0 Å². The molecule has 1 rings (SSSR count). The molecule has 0 spiro atoms. The first kappa shape index (κ1) is 15.3. The van der Waals surface area contributed by atoms with Crippen molar-refractivity contribution in [2.75, 3.05) is 27.3 Å². The van der Waals surface area contributed by atoms with Crippen LogP contribution >= 0.6 is 27.5 Å². The summed E-state index contributed by atoms with van der Waals surface area (Å²) in [5.74, 6) is -0.373. The molecule has 1 aromatic carbocycles. The van der Waals surface area contributed by atoms with Gasteiger partial charge in [0.2, 0.25) is 0 Å². The van der Waals surface area contributed by atoms with Crippen LogP contribution in [0.25, 0.3) is 0 Å². The van der Waals surface area contributed by atoms with Gasteiger partial charge in [-0.2, -0.15) is 0 Å². The van der Waals surface area contributed by atoms with Crippen molar-refractivity contribution in [3.8, 4) is 5.75 Å². The van der Waals surface area contributed by atoms with Gasteiger partial charge in [-0.3, -0.25) is 4.79 Å². The molecular weight excluding hydrogens is 321 g/mol. The van der Waals surface area contributed by atoms with E-state index in [-0.39, 0.29) is 22.0 Å². The van der Waals surface area contributed by atoms with Gasteiger partial charge in [-0.1, -0.05) is 27.5 Å². The second-order valence-corrected chi connectivity index (χ2v) is 5.63. The van der Waals surface area contributed by atoms with E-state index >= 15 is 0 Å². The monoisotopic (exact) mass is 335 g/mol. The summed E-state index contributed by atoms with van der Waals surface area (Å²) >= 11 is 9.12. The van der Waals surface area contributed by atoms with Crippen LogP contribution in [0.3, 0.4) is 0 Å². The lowest BCUT2D eigenvalue weighted by Crippen LogP contribution is -2.33. The number of phenols is 1. The van der Waals surface area contributed by atoms with Crippen LogP contribution in [0.1, 0.15) is 10.4 Å². The molecule has 0 aliphatic carbocycles. The Morgan fingerprint density at radius 3 is 2.83 bits per heavy atom. The highest BCUT2D eigenvalue weighted by atomic mass is 79.9. The van der Waals surface area contributed by atoms with Crippen LogP contribution < -0.4 is 0 Å². The molecule has 0 saturated carbocycles. The molecule has 1 aromatic rings. The second kappa shape index (κ2) is 6.97. The molecule has 0 saturated heterocycles. The highest BCUT2D eigenvalue weighted by Crippen LogP contribution is 2.23. The highest BCUT2D eigenvalue weighted by molar-refractivity contribution is 9.09. The lowest BCUT2D eigenvalue weighted by molar-refractivity contribution is 0.0781. The van der Waals surface area contributed by atoms with Crippen molar-refractivity contribution in [1.82, 2.24) is 4.90 Å². The quantitative estimate of drug-likeness (QED) is 0.841. The zero-order valence-electron chi connectivity index (χ0n) is 10.2. The third-order valence-electron chi connectivity index (χ3n) is 2.36. The Balaban J connectivity index is 2.74. The molecule has 1 atom stereocenters. The molecule has 1 N–H and O–H groups in total. The summed E-state index contributed by atoms with van der Waals surface area (Å²) in [5, 5.41) is 10.1. The number of amides is 1. The Hall–Kier alpha value is -0.780. The summed E-state index contributed by atoms with van der Waals surface area (Å²) in [6.45, 7) is 0.985. The van der Waals surface area contributed by atoms with E-state index in [0.717, 1.165) is 0 Å². The first-order chi connectivity index (χ1) is 8.45. The van der Waals surface area contributed by atoms with Crippen LogP contribution in [0.2, 0.25) is 5.02 Å². The number of ether oxygens (including phenoxy) is 1. The van der Waals surface area contributed by atoms with Gasteiger partial charge in [-0.05, 0) is 18.2 Å². The van der Waals surface area contributed by atoms with E-state index in [1.54, 1.807) is 20.2 Å². The Bertz CT molecular complexity index is 428. The van der Waals surface area contributed by atoms with Crippen molar-refractivity contribution in [2.45, 2.75) is 4.83 Å². The summed E-state index contributed by atoms with van der Waals surface area (Å²) in [6.07, 6.45) is 0. The summed E-state index contributed by atoms with van der Waals surface area (Å²) in [5.41, 5.74) is 0.235. The van der Waals surface area contributed by atoms with Crippen molar-refractivity contribution in [2.24, 2.45) is 0 Å². The maximum absolute atomic E-state index is 12.1. The molecule has 0 bridgehead atoms. The van der Waals surface area contributed by atoms with Crippen LogP contribution in [0.5, 0.6) is 5.75 Å². The van der Waals surface area contributed by atoms with Crippen LogP contribution in [0.15, 0.2) is 18.2 Å². The molecule has 0 aliphatic rings. The number of nitrogens with zero attached hydrogens (tertiary/aromatic N) is 1. The summed E-state index contributed by atoms with van der Waals surface area (Å²) < 4.78 is 4.98. The predicted octanol–water partition coefficient (Wildman–Crippen LogP) is 2.53. The molecule has 100 valence electrons. The van der Waals surface area contributed by atoms with Gasteiger partial charge >= 0.3 is 0 Å². The fourth-order valence-corrected chi connectivity index (χ4v) is 2.37. The normalized spacial score (nSPS) is 12.2. The van der Waals surface area contributed by atoms with Crippen LogP contribution in [-0.4, -0.2) is 48.0 Å². The molecule has 4 nitrogen and oxygen atoms in total. The van der Waals surface area contributed by atoms with Crippen molar-refractivity contribution < 1.29 is 14.6 Å². The number of hydrogen-bond acceptors (Lipinski definition) is 3. The van der Waals surface area contributed by atoms with E-state index in [2.05, 4.69) is 15.9 Å². The summed E-state index contributed by atoms with van der Waals surface area (Å²) in [4.78, 5) is 13.6. The molecule has 1 unspecified atom stereocenters. The van der Waals surface area contributed by atoms with Gasteiger partial charge in [0.15, 0.2) is 0 Å². The largest absolute Gasteiger partial charge is 0.507 e. The molecule has 6 heteroatoms. The van der Waals surface area contributed by atoms with Gasteiger partial charge < -0.3 is 14.7 Å². The minimum absolute atomic E-state index is 0.0471. The summed E-state index contributed by atoms with van der Waals surface area (Å²) in [7, 11) is 3.27. The van der Waals surface area contributed by atoms with Crippen molar-refractivity contribution in [3.05, 3.63) is 28.8 Å². The number of aromatic hydroxyl groups is 1. The highest BCUT2D eigenvalue weighted by Gasteiger charge is 2.18. The number of hydrogen-bond donors (Lipinski definition) is 1. The number of phenolic OH excluding ortho intramolecular Hbond substituents is 1. The van der Waals surface area contributed by atoms with E-state index in [0.29, 0.717) is 18.2 Å².